The molecule has 1 saturated carbocycles. The van der Waals surface area contributed by atoms with Gasteiger partial charge in [-0.2, -0.15) is 0 Å². The maximum absolute atomic E-state index is 11.5. The Hall–Kier alpha value is -1.65. The molecule has 2 rings (SSSR count). The smallest absolute Gasteiger partial charge is 0.358 e. The number of nitrogens with zero attached hydrogens (tertiary/aromatic N) is 2. The molecule has 1 aliphatic carbocycles. The first kappa shape index (κ1) is 14.8. The first-order valence-corrected chi connectivity index (χ1v) is 7.41. The second kappa shape index (κ2) is 7.22. The Kier molecular flexibility index (Phi) is 5.32. The molecule has 1 unspecified atom stereocenters. The molecule has 5 nitrogen and oxygen atoms in total. The maximum atomic E-state index is 11.5. The molecule has 0 amide bonds. The maximum Gasteiger partial charge on any atom is 0.358 e. The van der Waals surface area contributed by atoms with Crippen molar-refractivity contribution in [2.24, 2.45) is 5.92 Å². The van der Waals surface area contributed by atoms with Crippen LogP contribution in [0.2, 0.25) is 0 Å². The number of carbonyl (C=O) groups excluding carboxylic acids is 1. The predicted octanol–water partition coefficient (Wildman–Crippen LogP) is 3.03. The van der Waals surface area contributed by atoms with E-state index in [0.717, 1.165) is 6.42 Å². The van der Waals surface area contributed by atoms with Crippen LogP contribution in [0.3, 0.4) is 0 Å². The highest BCUT2D eigenvalue weighted by atomic mass is 16.5. The fourth-order valence-corrected chi connectivity index (χ4v) is 2.92. The number of rotatable bonds is 5. The van der Waals surface area contributed by atoms with E-state index in [2.05, 4.69) is 26.9 Å². The lowest BCUT2D eigenvalue weighted by Crippen LogP contribution is -2.30. The van der Waals surface area contributed by atoms with Crippen molar-refractivity contribution in [2.45, 2.75) is 51.5 Å². The summed E-state index contributed by atoms with van der Waals surface area (Å²) in [5.41, 5.74) is 0.246. The molecular weight excluding hydrogens is 254 g/mol. The number of hydrogen-bond donors (Lipinski definition) is 1. The Morgan fingerprint density at radius 2 is 2.15 bits per heavy atom. The van der Waals surface area contributed by atoms with E-state index in [9.17, 15) is 4.79 Å². The van der Waals surface area contributed by atoms with Gasteiger partial charge in [0.25, 0.3) is 0 Å². The minimum absolute atomic E-state index is 0.246. The topological polar surface area (TPSA) is 64.1 Å². The van der Waals surface area contributed by atoms with Gasteiger partial charge in [0.05, 0.1) is 19.5 Å². The quantitative estimate of drug-likeness (QED) is 0.838. The van der Waals surface area contributed by atoms with Crippen LogP contribution < -0.4 is 5.32 Å². The lowest BCUT2D eigenvalue weighted by Gasteiger charge is -2.30. The van der Waals surface area contributed by atoms with Crippen LogP contribution in [0.15, 0.2) is 12.4 Å². The first-order valence-electron chi connectivity index (χ1n) is 7.41. The minimum Gasteiger partial charge on any atom is -0.464 e. The normalized spacial score (nSPS) is 17.5. The third-order valence-corrected chi connectivity index (χ3v) is 4.02. The molecule has 1 atom stereocenters. The van der Waals surface area contributed by atoms with Gasteiger partial charge < -0.3 is 10.1 Å². The van der Waals surface area contributed by atoms with Gasteiger partial charge in [-0.05, 0) is 25.2 Å². The summed E-state index contributed by atoms with van der Waals surface area (Å²) < 4.78 is 4.67. The average molecular weight is 277 g/mol. The minimum atomic E-state index is -0.452. The zero-order chi connectivity index (χ0) is 14.4. The molecule has 110 valence electrons. The molecule has 1 aromatic heterocycles. The molecule has 1 heterocycles. The zero-order valence-electron chi connectivity index (χ0n) is 12.3. The second-order valence-electron chi connectivity index (χ2n) is 5.34. The van der Waals surface area contributed by atoms with E-state index in [-0.39, 0.29) is 5.69 Å². The highest BCUT2D eigenvalue weighted by Gasteiger charge is 2.22. The van der Waals surface area contributed by atoms with Crippen LogP contribution in [0.1, 0.15) is 55.9 Å². The van der Waals surface area contributed by atoms with Crippen molar-refractivity contribution >= 4 is 11.8 Å². The van der Waals surface area contributed by atoms with Gasteiger partial charge in [0, 0.05) is 6.04 Å². The van der Waals surface area contributed by atoms with Gasteiger partial charge in [-0.3, -0.25) is 4.98 Å². The summed E-state index contributed by atoms with van der Waals surface area (Å²) in [4.78, 5) is 19.8. The number of nitrogens with one attached hydrogen (secondary N) is 1. The zero-order valence-corrected chi connectivity index (χ0v) is 12.3. The predicted molar refractivity (Wildman–Crippen MR) is 77.6 cm³/mol. The van der Waals surface area contributed by atoms with Crippen molar-refractivity contribution in [3.05, 3.63) is 18.1 Å². The first-order chi connectivity index (χ1) is 9.74. The summed E-state index contributed by atoms with van der Waals surface area (Å²) in [6, 6.07) is 0.400. The molecule has 0 saturated heterocycles. The fourth-order valence-electron chi connectivity index (χ4n) is 2.92. The summed E-state index contributed by atoms with van der Waals surface area (Å²) in [5, 5.41) is 3.44. The van der Waals surface area contributed by atoms with Crippen molar-refractivity contribution in [2.75, 3.05) is 12.4 Å². The molecule has 1 fully saturated rings. The van der Waals surface area contributed by atoms with Crippen molar-refractivity contribution in [3.8, 4) is 0 Å². The lowest BCUT2D eigenvalue weighted by atomic mass is 9.83. The molecule has 1 N–H and O–H groups in total. The number of aromatic nitrogens is 2. The summed E-state index contributed by atoms with van der Waals surface area (Å²) in [5.74, 6) is 0.898. The van der Waals surface area contributed by atoms with Crippen molar-refractivity contribution in [3.63, 3.8) is 0 Å². The summed E-state index contributed by atoms with van der Waals surface area (Å²) in [7, 11) is 1.35. The molecule has 0 radical (unpaired) electrons. The molecule has 1 aromatic rings. The van der Waals surface area contributed by atoms with E-state index >= 15 is 0 Å². The third kappa shape index (κ3) is 3.68. The molecule has 20 heavy (non-hydrogen) atoms. The number of carbonyl (C=O) groups is 1. The summed E-state index contributed by atoms with van der Waals surface area (Å²) in [6.07, 6.45) is 10.7. The number of anilines is 1. The molecule has 0 aromatic carbocycles. The molecule has 1 aliphatic rings. The highest BCUT2D eigenvalue weighted by Crippen LogP contribution is 2.29. The van der Waals surface area contributed by atoms with E-state index in [1.165, 1.54) is 45.4 Å². The van der Waals surface area contributed by atoms with E-state index < -0.39 is 5.97 Å². The Labute approximate surface area is 120 Å². The van der Waals surface area contributed by atoms with E-state index in [4.69, 9.17) is 0 Å². The highest BCUT2D eigenvalue weighted by molar-refractivity contribution is 5.87. The number of hydrogen-bond acceptors (Lipinski definition) is 5. The van der Waals surface area contributed by atoms with Crippen LogP contribution in [0, 0.1) is 5.92 Å². The van der Waals surface area contributed by atoms with Crippen molar-refractivity contribution in [1.29, 1.82) is 0 Å². The van der Waals surface area contributed by atoms with Crippen molar-refractivity contribution in [1.82, 2.24) is 9.97 Å². The van der Waals surface area contributed by atoms with Gasteiger partial charge in [0.1, 0.15) is 5.82 Å². The Balaban J connectivity index is 2.05. The lowest BCUT2D eigenvalue weighted by molar-refractivity contribution is 0.0593. The molecular formula is C15H23N3O2. The van der Waals surface area contributed by atoms with Gasteiger partial charge in [-0.1, -0.05) is 26.2 Å². The van der Waals surface area contributed by atoms with Crippen LogP contribution in [0.25, 0.3) is 0 Å². The number of ether oxygens (including phenoxy) is 1. The van der Waals surface area contributed by atoms with Crippen LogP contribution in [0.4, 0.5) is 5.82 Å². The summed E-state index contributed by atoms with van der Waals surface area (Å²) in [6.45, 7) is 2.18. The molecule has 5 heteroatoms. The fraction of sp³-hybridized carbons (Fsp3) is 0.667. The van der Waals surface area contributed by atoms with Crippen LogP contribution in [-0.2, 0) is 4.74 Å². The van der Waals surface area contributed by atoms with Crippen LogP contribution in [0.5, 0.6) is 0 Å². The molecule has 0 spiro atoms. The standard InChI is InChI=1S/C15H23N3O2/c1-3-12(11-7-5-4-6-8-11)17-14-10-16-9-13(18-14)15(19)20-2/h9-12H,3-8H2,1-2H3,(H,17,18). The third-order valence-electron chi connectivity index (χ3n) is 4.02. The number of methoxy groups -OCH3 is 1. The van der Waals surface area contributed by atoms with Gasteiger partial charge in [-0.15, -0.1) is 0 Å². The Morgan fingerprint density at radius 3 is 2.80 bits per heavy atom. The van der Waals surface area contributed by atoms with Crippen LogP contribution >= 0.6 is 0 Å². The van der Waals surface area contributed by atoms with E-state index in [1.807, 2.05) is 0 Å². The van der Waals surface area contributed by atoms with Gasteiger partial charge >= 0.3 is 5.97 Å². The average Bonchev–Trinajstić information content (AvgIpc) is 2.53. The van der Waals surface area contributed by atoms with E-state index in [0.29, 0.717) is 17.8 Å². The second-order valence-corrected chi connectivity index (χ2v) is 5.34. The Morgan fingerprint density at radius 1 is 1.40 bits per heavy atom. The van der Waals surface area contributed by atoms with Gasteiger partial charge in [0.2, 0.25) is 0 Å². The van der Waals surface area contributed by atoms with Crippen LogP contribution in [-0.4, -0.2) is 29.1 Å². The largest absolute Gasteiger partial charge is 0.464 e. The number of esters is 1. The SMILES string of the molecule is CCC(Nc1cncc(C(=O)OC)n1)C1CCCCC1. The molecule has 0 bridgehead atoms. The van der Waals surface area contributed by atoms with Gasteiger partial charge in [-0.25, -0.2) is 9.78 Å². The van der Waals surface area contributed by atoms with Gasteiger partial charge in [0.15, 0.2) is 5.69 Å². The molecule has 0 aliphatic heterocycles. The van der Waals surface area contributed by atoms with Crippen molar-refractivity contribution < 1.29 is 9.53 Å². The monoisotopic (exact) mass is 277 g/mol. The van der Waals surface area contributed by atoms with E-state index in [1.54, 1.807) is 6.20 Å². The Bertz CT molecular complexity index is 444. The summed E-state index contributed by atoms with van der Waals surface area (Å²) >= 11 is 0.